The third-order valence-electron chi connectivity index (χ3n) is 4.40. The standard InChI is InChI=1S/C22H23N5/c1-5-10-18(23-8-4)22-20(19-11-9-15-27(19)26-22)16-12-14-24-17(7-3)21(16)25-13-6-2/h6-8,12,14,25H,1-3,9,11,13,15H2,4H3. The Hall–Kier alpha value is -3.39. The Bertz CT molecular complexity index is 996. The molecule has 0 aliphatic carbocycles. The van der Waals surface area contributed by atoms with Gasteiger partial charge in [0, 0.05) is 42.3 Å². The Morgan fingerprint density at radius 3 is 3.00 bits per heavy atom. The van der Waals surface area contributed by atoms with Gasteiger partial charge in [-0.25, -0.2) is 0 Å². The van der Waals surface area contributed by atoms with E-state index in [2.05, 4.69) is 51.2 Å². The first kappa shape index (κ1) is 18.4. The molecule has 5 heteroatoms. The first-order valence-corrected chi connectivity index (χ1v) is 8.95. The van der Waals surface area contributed by atoms with Gasteiger partial charge in [-0.05, 0) is 44.2 Å². The molecule has 0 bridgehead atoms. The number of nitrogens with zero attached hydrogens (tertiary/aromatic N) is 4. The lowest BCUT2D eigenvalue weighted by atomic mass is 9.98. The van der Waals surface area contributed by atoms with E-state index in [1.807, 2.05) is 19.1 Å². The van der Waals surface area contributed by atoms with Gasteiger partial charge in [0.05, 0.1) is 11.4 Å². The molecule has 5 nitrogen and oxygen atoms in total. The maximum atomic E-state index is 4.82. The zero-order chi connectivity index (χ0) is 19.2. The first-order chi connectivity index (χ1) is 13.2. The molecule has 136 valence electrons. The number of anilines is 1. The zero-order valence-electron chi connectivity index (χ0n) is 15.6. The van der Waals surface area contributed by atoms with Crippen molar-refractivity contribution in [3.8, 4) is 11.1 Å². The second kappa shape index (κ2) is 8.33. The van der Waals surface area contributed by atoms with Gasteiger partial charge in [0.1, 0.15) is 11.4 Å². The van der Waals surface area contributed by atoms with Crippen molar-refractivity contribution in [3.05, 3.63) is 66.6 Å². The van der Waals surface area contributed by atoms with Gasteiger partial charge in [-0.2, -0.15) is 5.10 Å². The van der Waals surface area contributed by atoms with Gasteiger partial charge in [0.15, 0.2) is 0 Å². The summed E-state index contributed by atoms with van der Waals surface area (Å²) in [6.45, 7) is 14.7. The molecule has 0 spiro atoms. The third-order valence-corrected chi connectivity index (χ3v) is 4.40. The number of fused-ring (bicyclic) bond motifs is 1. The number of pyridine rings is 1. The molecule has 0 atom stereocenters. The minimum absolute atomic E-state index is 0.621. The van der Waals surface area contributed by atoms with Gasteiger partial charge in [0.25, 0.3) is 0 Å². The summed E-state index contributed by atoms with van der Waals surface area (Å²) in [6, 6.07) is 2.00. The van der Waals surface area contributed by atoms with E-state index in [1.54, 1.807) is 18.5 Å². The van der Waals surface area contributed by atoms with Gasteiger partial charge in [-0.15, -0.1) is 6.58 Å². The van der Waals surface area contributed by atoms with Crippen LogP contribution in [0.1, 0.15) is 30.4 Å². The van der Waals surface area contributed by atoms with Gasteiger partial charge in [-0.3, -0.25) is 14.7 Å². The van der Waals surface area contributed by atoms with E-state index < -0.39 is 0 Å². The summed E-state index contributed by atoms with van der Waals surface area (Å²) in [5.74, 6) is 0. The van der Waals surface area contributed by atoms with E-state index in [-0.39, 0.29) is 0 Å². The molecular formula is C22H23N5. The molecule has 0 amide bonds. The number of aryl methyl sites for hydroxylation is 1. The van der Waals surface area contributed by atoms with Crippen molar-refractivity contribution in [2.45, 2.75) is 26.3 Å². The monoisotopic (exact) mass is 357 g/mol. The molecule has 1 aliphatic rings. The summed E-state index contributed by atoms with van der Waals surface area (Å²) in [4.78, 5) is 8.89. The normalized spacial score (nSPS) is 12.3. The molecule has 3 heterocycles. The fourth-order valence-corrected chi connectivity index (χ4v) is 3.35. The van der Waals surface area contributed by atoms with Crippen LogP contribution in [0.5, 0.6) is 0 Å². The molecule has 0 saturated carbocycles. The highest BCUT2D eigenvalue weighted by Gasteiger charge is 2.27. The molecule has 2 aromatic rings. The van der Waals surface area contributed by atoms with Crippen LogP contribution in [0.2, 0.25) is 0 Å². The Morgan fingerprint density at radius 2 is 2.30 bits per heavy atom. The topological polar surface area (TPSA) is 55.1 Å². The fraction of sp³-hybridized carbons (Fsp3) is 0.227. The van der Waals surface area contributed by atoms with Crippen LogP contribution in [0.3, 0.4) is 0 Å². The average molecular weight is 357 g/mol. The number of nitrogens with one attached hydrogen (secondary N) is 1. The van der Waals surface area contributed by atoms with Crippen molar-refractivity contribution in [2.24, 2.45) is 4.99 Å². The van der Waals surface area contributed by atoms with Crippen LogP contribution in [0, 0.1) is 0 Å². The number of hydrogen-bond donors (Lipinski definition) is 1. The van der Waals surface area contributed by atoms with E-state index >= 15 is 0 Å². The zero-order valence-corrected chi connectivity index (χ0v) is 15.6. The second-order valence-electron chi connectivity index (χ2n) is 6.03. The highest BCUT2D eigenvalue weighted by molar-refractivity contribution is 5.90. The Balaban J connectivity index is 2.32. The average Bonchev–Trinajstić information content (AvgIpc) is 3.27. The summed E-state index contributed by atoms with van der Waals surface area (Å²) in [5.41, 5.74) is 12.1. The Kier molecular flexibility index (Phi) is 5.68. The molecule has 27 heavy (non-hydrogen) atoms. The Morgan fingerprint density at radius 1 is 1.44 bits per heavy atom. The van der Waals surface area contributed by atoms with Crippen LogP contribution in [0.15, 0.2) is 54.5 Å². The SMILES string of the molecule is C=C=C=C(N=CC)c1nn2c(c1-c1ccnc(C=C)c1NCC=C)CCC2. The molecule has 0 aromatic carbocycles. The van der Waals surface area contributed by atoms with Crippen LogP contribution in [0.25, 0.3) is 22.9 Å². The van der Waals surface area contributed by atoms with Crippen molar-refractivity contribution < 1.29 is 0 Å². The van der Waals surface area contributed by atoms with Crippen LogP contribution in [-0.2, 0) is 13.0 Å². The largest absolute Gasteiger partial charge is 0.379 e. The second-order valence-corrected chi connectivity index (χ2v) is 6.03. The number of rotatable bonds is 7. The molecular weight excluding hydrogens is 334 g/mol. The molecule has 0 unspecified atom stereocenters. The first-order valence-electron chi connectivity index (χ1n) is 8.95. The van der Waals surface area contributed by atoms with Crippen molar-refractivity contribution in [2.75, 3.05) is 11.9 Å². The van der Waals surface area contributed by atoms with Crippen LogP contribution in [0.4, 0.5) is 5.69 Å². The van der Waals surface area contributed by atoms with E-state index in [4.69, 9.17) is 5.10 Å². The van der Waals surface area contributed by atoms with Gasteiger partial charge >= 0.3 is 0 Å². The maximum Gasteiger partial charge on any atom is 0.141 e. The Labute approximate surface area is 159 Å². The lowest BCUT2D eigenvalue weighted by Gasteiger charge is -2.14. The molecule has 0 fully saturated rings. The lowest BCUT2D eigenvalue weighted by Crippen LogP contribution is -2.04. The van der Waals surface area contributed by atoms with Gasteiger partial charge in [0.2, 0.25) is 0 Å². The smallest absolute Gasteiger partial charge is 0.141 e. The number of hydrogen-bond acceptors (Lipinski definition) is 4. The third kappa shape index (κ3) is 3.47. The summed E-state index contributed by atoms with van der Waals surface area (Å²) in [5, 5.41) is 8.23. The summed E-state index contributed by atoms with van der Waals surface area (Å²) in [7, 11) is 0. The van der Waals surface area contributed by atoms with Crippen LogP contribution >= 0.6 is 0 Å². The maximum absolute atomic E-state index is 4.82. The predicted octanol–water partition coefficient (Wildman–Crippen LogP) is 4.50. The van der Waals surface area contributed by atoms with E-state index in [9.17, 15) is 0 Å². The quantitative estimate of drug-likeness (QED) is 0.451. The van der Waals surface area contributed by atoms with Gasteiger partial charge in [-0.1, -0.05) is 18.4 Å². The minimum atomic E-state index is 0.621. The molecule has 0 radical (unpaired) electrons. The highest BCUT2D eigenvalue weighted by atomic mass is 15.3. The van der Waals surface area contributed by atoms with Crippen molar-refractivity contribution in [3.63, 3.8) is 0 Å². The van der Waals surface area contributed by atoms with E-state index in [1.165, 1.54) is 5.69 Å². The van der Waals surface area contributed by atoms with Crippen molar-refractivity contribution in [1.82, 2.24) is 14.8 Å². The van der Waals surface area contributed by atoms with Crippen LogP contribution < -0.4 is 5.32 Å². The van der Waals surface area contributed by atoms with Crippen molar-refractivity contribution in [1.29, 1.82) is 0 Å². The molecule has 2 aromatic heterocycles. The fourth-order valence-electron chi connectivity index (χ4n) is 3.35. The lowest BCUT2D eigenvalue weighted by molar-refractivity contribution is 0.654. The van der Waals surface area contributed by atoms with Crippen LogP contribution in [-0.4, -0.2) is 27.5 Å². The van der Waals surface area contributed by atoms with Crippen molar-refractivity contribution >= 4 is 23.7 Å². The summed E-state index contributed by atoms with van der Waals surface area (Å²) in [6.07, 6.45) is 9.15. The predicted molar refractivity (Wildman–Crippen MR) is 113 cm³/mol. The van der Waals surface area contributed by atoms with E-state index in [0.29, 0.717) is 12.2 Å². The molecule has 1 N–H and O–H groups in total. The molecule has 0 saturated heterocycles. The summed E-state index contributed by atoms with van der Waals surface area (Å²) >= 11 is 0. The molecule has 1 aliphatic heterocycles. The highest BCUT2D eigenvalue weighted by Crippen LogP contribution is 2.40. The van der Waals surface area contributed by atoms with Gasteiger partial charge < -0.3 is 5.32 Å². The van der Waals surface area contributed by atoms with E-state index in [0.717, 1.165) is 47.6 Å². The molecule has 3 rings (SSSR count). The number of aromatic nitrogens is 3. The minimum Gasteiger partial charge on any atom is -0.379 e. The summed E-state index contributed by atoms with van der Waals surface area (Å²) < 4.78 is 2.06. The number of aliphatic imine (C=N–C) groups is 1.